The summed E-state index contributed by atoms with van der Waals surface area (Å²) in [5.41, 5.74) is 6.02. The number of primary amides is 1. The second-order valence-electron chi connectivity index (χ2n) is 5.28. The van der Waals surface area contributed by atoms with Crippen molar-refractivity contribution in [2.75, 3.05) is 6.79 Å². The molecule has 1 aliphatic heterocycles. The van der Waals surface area contributed by atoms with E-state index in [0.717, 1.165) is 12.0 Å². The van der Waals surface area contributed by atoms with E-state index >= 15 is 0 Å². The number of hydrogen-bond donors (Lipinski definition) is 3. The summed E-state index contributed by atoms with van der Waals surface area (Å²) in [4.78, 5) is 23.3. The first-order valence-electron chi connectivity index (χ1n) is 7.23. The van der Waals surface area contributed by atoms with E-state index in [1.165, 1.54) is 0 Å². The van der Waals surface area contributed by atoms with Crippen LogP contribution >= 0.6 is 0 Å². The normalized spacial score (nSPS) is 15.0. The second kappa shape index (κ2) is 7.02. The Morgan fingerprint density at radius 1 is 1.32 bits per heavy atom. The summed E-state index contributed by atoms with van der Waals surface area (Å²) in [6.45, 7) is 4.39. The number of nitrogens with one attached hydrogen (secondary N) is 2. The molecule has 0 aromatic heterocycles. The molecule has 7 nitrogen and oxygen atoms in total. The first kappa shape index (κ1) is 15.9. The lowest BCUT2D eigenvalue weighted by molar-refractivity contribution is -0.124. The van der Waals surface area contributed by atoms with Crippen molar-refractivity contribution in [2.24, 2.45) is 11.7 Å². The lowest BCUT2D eigenvalue weighted by Crippen LogP contribution is -2.51. The third-order valence-corrected chi connectivity index (χ3v) is 3.70. The molecule has 0 fully saturated rings. The molecule has 1 heterocycles. The third-order valence-electron chi connectivity index (χ3n) is 3.70. The predicted molar refractivity (Wildman–Crippen MR) is 80.4 cm³/mol. The van der Waals surface area contributed by atoms with Crippen LogP contribution in [-0.2, 0) is 11.3 Å². The van der Waals surface area contributed by atoms with E-state index in [1.54, 1.807) is 6.07 Å². The maximum atomic E-state index is 12.2. The number of rotatable bonds is 6. The molecule has 0 saturated carbocycles. The molecule has 3 amide bonds. The molecule has 2 atom stereocenters. The van der Waals surface area contributed by atoms with Gasteiger partial charge in [0.1, 0.15) is 6.04 Å². The van der Waals surface area contributed by atoms with Crippen molar-refractivity contribution in [3.8, 4) is 11.5 Å². The van der Waals surface area contributed by atoms with Gasteiger partial charge in [0.15, 0.2) is 11.5 Å². The van der Waals surface area contributed by atoms with Gasteiger partial charge in [0.25, 0.3) is 0 Å². The molecule has 0 unspecified atom stereocenters. The Morgan fingerprint density at radius 2 is 2.05 bits per heavy atom. The molecule has 0 bridgehead atoms. The molecule has 1 aliphatic rings. The minimum absolute atomic E-state index is 0.00995. The Balaban J connectivity index is 1.96. The summed E-state index contributed by atoms with van der Waals surface area (Å²) in [6.07, 6.45) is 0.752. The summed E-state index contributed by atoms with van der Waals surface area (Å²) < 4.78 is 10.5. The Hall–Kier alpha value is -2.44. The Kier molecular flexibility index (Phi) is 5.08. The van der Waals surface area contributed by atoms with Gasteiger partial charge in [-0.1, -0.05) is 26.3 Å². The number of fused-ring (bicyclic) bond motifs is 1. The molecule has 4 N–H and O–H groups in total. The third kappa shape index (κ3) is 3.81. The molecule has 2 rings (SSSR count). The summed E-state index contributed by atoms with van der Waals surface area (Å²) in [7, 11) is 0. The molecule has 0 aliphatic carbocycles. The summed E-state index contributed by atoms with van der Waals surface area (Å²) >= 11 is 0. The van der Waals surface area contributed by atoms with Crippen molar-refractivity contribution in [1.82, 2.24) is 10.6 Å². The standard InChI is InChI=1S/C15H21N3O4/c1-3-9(2)13(18-15(16)20)14(19)17-7-10-4-5-11-12(6-10)22-8-21-11/h4-6,9,13H,3,7-8H2,1-2H3,(H,17,19)(H3,16,18,20)/t9-,13-/m0/s1. The lowest BCUT2D eigenvalue weighted by Gasteiger charge is -2.22. The molecule has 1 aromatic carbocycles. The highest BCUT2D eigenvalue weighted by Crippen LogP contribution is 2.32. The van der Waals surface area contributed by atoms with Gasteiger partial charge < -0.3 is 25.8 Å². The average Bonchev–Trinajstić information content (AvgIpc) is 2.96. The minimum atomic E-state index is -0.705. The number of ether oxygens (including phenoxy) is 2. The summed E-state index contributed by atoms with van der Waals surface area (Å²) in [5.74, 6) is 1.10. The molecule has 0 radical (unpaired) electrons. The van der Waals surface area contributed by atoms with Crippen molar-refractivity contribution in [3.05, 3.63) is 23.8 Å². The first-order chi connectivity index (χ1) is 10.5. The van der Waals surface area contributed by atoms with Crippen LogP contribution in [0.3, 0.4) is 0 Å². The van der Waals surface area contributed by atoms with E-state index in [2.05, 4.69) is 10.6 Å². The average molecular weight is 307 g/mol. The van der Waals surface area contributed by atoms with Gasteiger partial charge in [0.2, 0.25) is 12.7 Å². The van der Waals surface area contributed by atoms with Gasteiger partial charge >= 0.3 is 6.03 Å². The number of hydrogen-bond acceptors (Lipinski definition) is 4. The van der Waals surface area contributed by atoms with E-state index in [1.807, 2.05) is 26.0 Å². The zero-order chi connectivity index (χ0) is 16.1. The number of nitrogens with two attached hydrogens (primary N) is 1. The Labute approximate surface area is 129 Å². The van der Waals surface area contributed by atoms with Gasteiger partial charge in [0.05, 0.1) is 0 Å². The van der Waals surface area contributed by atoms with Crippen LogP contribution in [0, 0.1) is 5.92 Å². The number of amides is 3. The molecule has 120 valence electrons. The van der Waals surface area contributed by atoms with E-state index in [-0.39, 0.29) is 18.6 Å². The van der Waals surface area contributed by atoms with Crippen LogP contribution in [0.2, 0.25) is 0 Å². The van der Waals surface area contributed by atoms with E-state index in [9.17, 15) is 9.59 Å². The van der Waals surface area contributed by atoms with Crippen molar-refractivity contribution < 1.29 is 19.1 Å². The summed E-state index contributed by atoms with van der Waals surface area (Å²) in [5, 5.41) is 5.30. The maximum absolute atomic E-state index is 12.2. The monoisotopic (exact) mass is 307 g/mol. The van der Waals surface area contributed by atoms with Crippen LogP contribution in [0.15, 0.2) is 18.2 Å². The fourth-order valence-corrected chi connectivity index (χ4v) is 2.21. The highest BCUT2D eigenvalue weighted by molar-refractivity contribution is 5.86. The number of benzene rings is 1. The number of urea groups is 1. The SMILES string of the molecule is CC[C@H](C)[C@H](NC(N)=O)C(=O)NCc1ccc2c(c1)OCO2. The quantitative estimate of drug-likeness (QED) is 0.732. The fraction of sp³-hybridized carbons (Fsp3) is 0.467. The van der Waals surface area contributed by atoms with Gasteiger partial charge in [0, 0.05) is 6.54 Å². The first-order valence-corrected chi connectivity index (χ1v) is 7.23. The molecule has 22 heavy (non-hydrogen) atoms. The Morgan fingerprint density at radius 3 is 2.73 bits per heavy atom. The van der Waals surface area contributed by atoms with Crippen LogP contribution < -0.4 is 25.8 Å². The molecule has 0 spiro atoms. The largest absolute Gasteiger partial charge is 0.454 e. The fourth-order valence-electron chi connectivity index (χ4n) is 2.21. The van der Waals surface area contributed by atoms with Gasteiger partial charge in [-0.2, -0.15) is 0 Å². The minimum Gasteiger partial charge on any atom is -0.454 e. The van der Waals surface area contributed by atoms with Gasteiger partial charge in [-0.3, -0.25) is 4.79 Å². The van der Waals surface area contributed by atoms with E-state index in [4.69, 9.17) is 15.2 Å². The highest BCUT2D eigenvalue weighted by atomic mass is 16.7. The summed E-state index contributed by atoms with van der Waals surface area (Å²) in [6, 6.07) is 4.13. The van der Waals surface area contributed by atoms with Gasteiger partial charge in [-0.15, -0.1) is 0 Å². The molecule has 0 saturated heterocycles. The van der Waals surface area contributed by atoms with E-state index in [0.29, 0.717) is 18.0 Å². The number of carbonyl (C=O) groups excluding carboxylic acids is 2. The Bertz CT molecular complexity index is 562. The van der Waals surface area contributed by atoms with Crippen LogP contribution in [0.5, 0.6) is 11.5 Å². The van der Waals surface area contributed by atoms with Crippen LogP contribution in [0.4, 0.5) is 4.79 Å². The molecule has 1 aromatic rings. The zero-order valence-corrected chi connectivity index (χ0v) is 12.7. The lowest BCUT2D eigenvalue weighted by atomic mass is 9.98. The smallest absolute Gasteiger partial charge is 0.312 e. The van der Waals surface area contributed by atoms with Crippen LogP contribution in [-0.4, -0.2) is 24.8 Å². The van der Waals surface area contributed by atoms with Crippen molar-refractivity contribution in [1.29, 1.82) is 0 Å². The molecule has 7 heteroatoms. The van der Waals surface area contributed by atoms with Gasteiger partial charge in [-0.25, -0.2) is 4.79 Å². The van der Waals surface area contributed by atoms with Crippen LogP contribution in [0.25, 0.3) is 0 Å². The topological polar surface area (TPSA) is 103 Å². The second-order valence-corrected chi connectivity index (χ2v) is 5.28. The van der Waals surface area contributed by atoms with Crippen molar-refractivity contribution in [2.45, 2.75) is 32.9 Å². The van der Waals surface area contributed by atoms with Gasteiger partial charge in [-0.05, 0) is 23.6 Å². The molecular formula is C15H21N3O4. The molecular weight excluding hydrogens is 286 g/mol. The van der Waals surface area contributed by atoms with Crippen molar-refractivity contribution in [3.63, 3.8) is 0 Å². The van der Waals surface area contributed by atoms with Crippen LogP contribution in [0.1, 0.15) is 25.8 Å². The number of carbonyl (C=O) groups is 2. The zero-order valence-electron chi connectivity index (χ0n) is 12.7. The maximum Gasteiger partial charge on any atom is 0.312 e. The predicted octanol–water partition coefficient (Wildman–Crippen LogP) is 1.11. The highest BCUT2D eigenvalue weighted by Gasteiger charge is 2.25. The van der Waals surface area contributed by atoms with Crippen molar-refractivity contribution >= 4 is 11.9 Å². The van der Waals surface area contributed by atoms with E-state index < -0.39 is 12.1 Å².